The Kier molecular flexibility index (Phi) is 4.53. The minimum Gasteiger partial charge on any atom is -0.381 e. The minimum atomic E-state index is 0.614. The van der Waals surface area contributed by atoms with E-state index in [-0.39, 0.29) is 0 Å². The zero-order valence-electron chi connectivity index (χ0n) is 11.6. The van der Waals surface area contributed by atoms with Crippen LogP contribution in [0.25, 0.3) is 0 Å². The molecule has 1 aromatic heterocycles. The monoisotopic (exact) mass is 249 g/mol. The van der Waals surface area contributed by atoms with E-state index in [9.17, 15) is 0 Å². The third-order valence-corrected chi connectivity index (χ3v) is 3.33. The summed E-state index contributed by atoms with van der Waals surface area (Å²) in [5.74, 6) is 1.50. The van der Waals surface area contributed by atoms with Crippen molar-refractivity contribution in [3.63, 3.8) is 0 Å². The second-order valence-corrected chi connectivity index (χ2v) is 5.06. The first-order chi connectivity index (χ1) is 8.69. The van der Waals surface area contributed by atoms with Crippen LogP contribution < -0.4 is 4.90 Å². The van der Waals surface area contributed by atoms with E-state index in [1.54, 1.807) is 0 Å². The summed E-state index contributed by atoms with van der Waals surface area (Å²) in [6, 6.07) is 2.02. The number of hydrogen-bond donors (Lipinski definition) is 0. The van der Waals surface area contributed by atoms with Crippen LogP contribution in [0.1, 0.15) is 31.2 Å². The largest absolute Gasteiger partial charge is 0.381 e. The van der Waals surface area contributed by atoms with Crippen molar-refractivity contribution in [2.75, 3.05) is 31.2 Å². The molecule has 2 rings (SSSR count). The summed E-state index contributed by atoms with van der Waals surface area (Å²) in [7, 11) is 0. The molecule has 1 fully saturated rings. The third-order valence-electron chi connectivity index (χ3n) is 3.33. The zero-order valence-corrected chi connectivity index (χ0v) is 11.6. The van der Waals surface area contributed by atoms with Gasteiger partial charge in [-0.25, -0.2) is 9.97 Å². The molecule has 1 saturated heterocycles. The molecule has 0 bridgehead atoms. The Hall–Kier alpha value is -1.16. The molecule has 0 aromatic carbocycles. The Morgan fingerprint density at radius 2 is 2.06 bits per heavy atom. The van der Waals surface area contributed by atoms with E-state index in [2.05, 4.69) is 14.9 Å². The molecule has 4 heteroatoms. The topological polar surface area (TPSA) is 38.2 Å². The highest BCUT2D eigenvalue weighted by molar-refractivity contribution is 5.32. The molecular formula is C14H23N3O. The lowest BCUT2D eigenvalue weighted by molar-refractivity contribution is 0.104. The molecular weight excluding hydrogens is 226 g/mol. The van der Waals surface area contributed by atoms with E-state index in [4.69, 9.17) is 4.74 Å². The molecule has 1 atom stereocenters. The van der Waals surface area contributed by atoms with Crippen molar-refractivity contribution in [2.24, 2.45) is 5.92 Å². The summed E-state index contributed by atoms with van der Waals surface area (Å²) in [5, 5.41) is 0. The fourth-order valence-electron chi connectivity index (χ4n) is 2.52. The first-order valence-electron chi connectivity index (χ1n) is 6.84. The van der Waals surface area contributed by atoms with Crippen LogP contribution in [0.2, 0.25) is 0 Å². The lowest BCUT2D eigenvalue weighted by atomic mass is 9.99. The summed E-state index contributed by atoms with van der Waals surface area (Å²) in [4.78, 5) is 11.4. The van der Waals surface area contributed by atoms with E-state index in [1.807, 2.05) is 26.8 Å². The predicted molar refractivity (Wildman–Crippen MR) is 72.9 cm³/mol. The van der Waals surface area contributed by atoms with Gasteiger partial charge in [0.2, 0.25) is 5.95 Å². The lowest BCUT2D eigenvalue weighted by Gasteiger charge is -2.32. The molecule has 2 heterocycles. The van der Waals surface area contributed by atoms with Crippen LogP contribution in [0.4, 0.5) is 5.95 Å². The van der Waals surface area contributed by atoms with Crippen LogP contribution in [0.3, 0.4) is 0 Å². The number of nitrogens with zero attached hydrogens (tertiary/aromatic N) is 3. The molecule has 18 heavy (non-hydrogen) atoms. The standard InChI is InChI=1S/C14H23N3O/c1-4-18-10-13-6-5-7-17(9-13)14-15-11(2)8-12(3)16-14/h8,13H,4-7,9-10H2,1-3H3. The molecule has 0 amide bonds. The van der Waals surface area contributed by atoms with Gasteiger partial charge in [-0.05, 0) is 45.6 Å². The van der Waals surface area contributed by atoms with E-state index in [0.29, 0.717) is 5.92 Å². The van der Waals surface area contributed by atoms with Gasteiger partial charge >= 0.3 is 0 Å². The van der Waals surface area contributed by atoms with E-state index >= 15 is 0 Å². The first kappa shape index (κ1) is 13.3. The quantitative estimate of drug-likeness (QED) is 0.821. The fourth-order valence-corrected chi connectivity index (χ4v) is 2.52. The van der Waals surface area contributed by atoms with Crippen LogP contribution in [-0.4, -0.2) is 36.3 Å². The van der Waals surface area contributed by atoms with Gasteiger partial charge in [0.05, 0.1) is 6.61 Å². The van der Waals surface area contributed by atoms with Crippen molar-refractivity contribution in [2.45, 2.75) is 33.6 Å². The highest BCUT2D eigenvalue weighted by Crippen LogP contribution is 2.21. The number of anilines is 1. The maximum Gasteiger partial charge on any atom is 0.225 e. The molecule has 1 aliphatic rings. The number of ether oxygens (including phenoxy) is 1. The summed E-state index contributed by atoms with van der Waals surface area (Å²) in [6.45, 7) is 9.84. The molecule has 1 aromatic rings. The fraction of sp³-hybridized carbons (Fsp3) is 0.714. The van der Waals surface area contributed by atoms with Crippen molar-refractivity contribution in [3.8, 4) is 0 Å². The molecule has 0 radical (unpaired) electrons. The summed E-state index contributed by atoms with van der Waals surface area (Å²) >= 11 is 0. The van der Waals surface area contributed by atoms with Crippen molar-refractivity contribution in [1.29, 1.82) is 0 Å². The second-order valence-electron chi connectivity index (χ2n) is 5.06. The van der Waals surface area contributed by atoms with Crippen LogP contribution in [0, 0.1) is 19.8 Å². The van der Waals surface area contributed by atoms with Crippen molar-refractivity contribution < 1.29 is 4.74 Å². The summed E-state index contributed by atoms with van der Waals surface area (Å²) in [6.07, 6.45) is 2.45. The third kappa shape index (κ3) is 3.42. The van der Waals surface area contributed by atoms with Gasteiger partial charge in [0.25, 0.3) is 0 Å². The highest BCUT2D eigenvalue weighted by atomic mass is 16.5. The average molecular weight is 249 g/mol. The summed E-state index contributed by atoms with van der Waals surface area (Å²) < 4.78 is 5.54. The number of hydrogen-bond acceptors (Lipinski definition) is 4. The van der Waals surface area contributed by atoms with Gasteiger partial charge in [0, 0.05) is 31.1 Å². The smallest absolute Gasteiger partial charge is 0.225 e. The normalized spacial score (nSPS) is 20.2. The predicted octanol–water partition coefficient (Wildman–Crippen LogP) is 2.35. The van der Waals surface area contributed by atoms with Crippen LogP contribution in [0.5, 0.6) is 0 Å². The maximum absolute atomic E-state index is 5.54. The number of aryl methyl sites for hydroxylation is 2. The van der Waals surface area contributed by atoms with Gasteiger partial charge in [-0.15, -0.1) is 0 Å². The molecule has 0 aliphatic carbocycles. The van der Waals surface area contributed by atoms with Gasteiger partial charge in [-0.1, -0.05) is 0 Å². The highest BCUT2D eigenvalue weighted by Gasteiger charge is 2.22. The first-order valence-corrected chi connectivity index (χ1v) is 6.84. The Balaban J connectivity index is 2.03. The van der Waals surface area contributed by atoms with Crippen molar-refractivity contribution in [3.05, 3.63) is 17.5 Å². The number of piperidine rings is 1. The van der Waals surface area contributed by atoms with Gasteiger partial charge in [-0.3, -0.25) is 0 Å². The van der Waals surface area contributed by atoms with E-state index in [1.165, 1.54) is 12.8 Å². The van der Waals surface area contributed by atoms with E-state index in [0.717, 1.165) is 43.6 Å². The van der Waals surface area contributed by atoms with Crippen molar-refractivity contribution >= 4 is 5.95 Å². The average Bonchev–Trinajstić information content (AvgIpc) is 2.35. The van der Waals surface area contributed by atoms with Crippen molar-refractivity contribution in [1.82, 2.24) is 9.97 Å². The lowest BCUT2D eigenvalue weighted by Crippen LogP contribution is -2.38. The minimum absolute atomic E-state index is 0.614. The molecule has 0 spiro atoms. The zero-order chi connectivity index (χ0) is 13.0. The molecule has 1 aliphatic heterocycles. The SMILES string of the molecule is CCOCC1CCCN(c2nc(C)cc(C)n2)C1. The summed E-state index contributed by atoms with van der Waals surface area (Å²) in [5.41, 5.74) is 2.09. The maximum atomic E-state index is 5.54. The second kappa shape index (κ2) is 6.14. The van der Waals surface area contributed by atoms with Crippen LogP contribution in [-0.2, 0) is 4.74 Å². The molecule has 4 nitrogen and oxygen atoms in total. The van der Waals surface area contributed by atoms with E-state index < -0.39 is 0 Å². The molecule has 0 N–H and O–H groups in total. The van der Waals surface area contributed by atoms with Gasteiger partial charge in [-0.2, -0.15) is 0 Å². The number of rotatable bonds is 4. The Morgan fingerprint density at radius 1 is 1.33 bits per heavy atom. The Bertz CT molecular complexity index is 374. The molecule has 0 saturated carbocycles. The van der Waals surface area contributed by atoms with Crippen LogP contribution >= 0.6 is 0 Å². The van der Waals surface area contributed by atoms with Crippen LogP contribution in [0.15, 0.2) is 6.07 Å². The van der Waals surface area contributed by atoms with Gasteiger partial charge in [0.15, 0.2) is 0 Å². The van der Waals surface area contributed by atoms with Gasteiger partial charge in [0.1, 0.15) is 0 Å². The molecule has 1 unspecified atom stereocenters. The molecule has 100 valence electrons. The Morgan fingerprint density at radius 3 is 2.72 bits per heavy atom. The van der Waals surface area contributed by atoms with Gasteiger partial charge < -0.3 is 9.64 Å². The number of aromatic nitrogens is 2. The Labute approximate surface area is 109 Å².